The molecule has 0 saturated heterocycles. The van der Waals surface area contributed by atoms with Crippen LogP contribution < -0.4 is 20.7 Å². The number of pyridine rings is 1. The first-order valence-corrected chi connectivity index (χ1v) is 16.8. The summed E-state index contributed by atoms with van der Waals surface area (Å²) < 4.78 is 6.24. The highest BCUT2D eigenvalue weighted by Gasteiger charge is 2.46. The van der Waals surface area contributed by atoms with E-state index in [0.717, 1.165) is 64.8 Å². The van der Waals surface area contributed by atoms with Crippen molar-refractivity contribution in [2.24, 2.45) is 0 Å². The maximum absolute atomic E-state index is 12.1. The number of amides is 2. The second-order valence-corrected chi connectivity index (χ2v) is 13.0. The van der Waals surface area contributed by atoms with E-state index < -0.39 is 37.1 Å². The minimum atomic E-state index is -1.76. The molecule has 2 aliphatic rings. The van der Waals surface area contributed by atoms with E-state index in [2.05, 4.69) is 39.6 Å². The molecule has 258 valence electrons. The third kappa shape index (κ3) is 9.12. The standard InChI is InChI=1S/C36H45ClN4O7/c1-22(5-4-15-39-35(47)40-20-30(43)33(45)34(46)31(44)21-42)23-8-11-29(37)24(17-23)18-41-36(13-14-36)28-19-38-16-12-26(28)27-6-2-3-7-32(27)48-25-9-10-25/h2-3,6-8,11-12,16-17,19,25,30-31,33-34,41-46H,1,4-5,9-10,13-15,18,20-21H2,(H2,39,40,47). The zero-order valence-corrected chi connectivity index (χ0v) is 27.6. The lowest BCUT2D eigenvalue weighted by Crippen LogP contribution is -2.50. The van der Waals surface area contributed by atoms with Crippen molar-refractivity contribution in [3.8, 4) is 16.9 Å². The third-order valence-electron chi connectivity index (χ3n) is 8.89. The van der Waals surface area contributed by atoms with Gasteiger partial charge in [0.25, 0.3) is 0 Å². The van der Waals surface area contributed by atoms with E-state index in [1.807, 2.05) is 48.8 Å². The number of halogens is 1. The number of hydrogen-bond acceptors (Lipinski definition) is 9. The van der Waals surface area contributed by atoms with Crippen LogP contribution in [0.3, 0.4) is 0 Å². The molecule has 0 spiro atoms. The number of nitrogens with zero attached hydrogens (tertiary/aromatic N) is 1. The van der Waals surface area contributed by atoms with Crippen LogP contribution in [0.25, 0.3) is 16.7 Å². The normalized spacial score (nSPS) is 17.5. The maximum Gasteiger partial charge on any atom is 0.314 e. The Labute approximate surface area is 285 Å². The fourth-order valence-corrected chi connectivity index (χ4v) is 5.81. The van der Waals surface area contributed by atoms with E-state index in [1.54, 1.807) is 0 Å². The summed E-state index contributed by atoms with van der Waals surface area (Å²) in [5.74, 6) is 0.902. The molecule has 0 aliphatic heterocycles. The van der Waals surface area contributed by atoms with E-state index in [0.29, 0.717) is 37.1 Å². The van der Waals surface area contributed by atoms with Crippen molar-refractivity contribution in [2.75, 3.05) is 19.7 Å². The van der Waals surface area contributed by atoms with E-state index in [1.165, 1.54) is 0 Å². The second kappa shape index (κ2) is 16.2. The van der Waals surface area contributed by atoms with Crippen molar-refractivity contribution in [1.29, 1.82) is 0 Å². The van der Waals surface area contributed by atoms with Gasteiger partial charge in [-0.25, -0.2) is 4.79 Å². The Morgan fingerprint density at radius 1 is 1.02 bits per heavy atom. The van der Waals surface area contributed by atoms with Gasteiger partial charge in [-0.2, -0.15) is 0 Å². The fourth-order valence-electron chi connectivity index (χ4n) is 5.62. The number of nitrogens with one attached hydrogen (secondary N) is 3. The summed E-state index contributed by atoms with van der Waals surface area (Å²) in [6.07, 6.45) is 2.81. The number of carbonyl (C=O) groups is 1. The van der Waals surface area contributed by atoms with Crippen molar-refractivity contribution >= 4 is 23.2 Å². The van der Waals surface area contributed by atoms with Gasteiger partial charge in [-0.15, -0.1) is 0 Å². The summed E-state index contributed by atoms with van der Waals surface area (Å²) in [5, 5.41) is 57.3. The summed E-state index contributed by atoms with van der Waals surface area (Å²) in [6.45, 7) is 4.00. The predicted octanol–water partition coefficient (Wildman–Crippen LogP) is 3.25. The first-order valence-electron chi connectivity index (χ1n) is 16.4. The zero-order valence-electron chi connectivity index (χ0n) is 26.8. The molecule has 12 heteroatoms. The van der Waals surface area contributed by atoms with Crippen LogP contribution in [0.5, 0.6) is 5.75 Å². The number of urea groups is 1. The van der Waals surface area contributed by atoms with Crippen LogP contribution in [0, 0.1) is 0 Å². The average molecular weight is 681 g/mol. The van der Waals surface area contributed by atoms with Crippen molar-refractivity contribution in [3.63, 3.8) is 0 Å². The van der Waals surface area contributed by atoms with Crippen LogP contribution in [0.4, 0.5) is 4.79 Å². The highest BCUT2D eigenvalue weighted by atomic mass is 35.5. The molecule has 4 atom stereocenters. The fraction of sp³-hybridized carbons (Fsp3) is 0.444. The van der Waals surface area contributed by atoms with Crippen LogP contribution in [0.15, 0.2) is 67.5 Å². The number of ether oxygens (including phenoxy) is 1. The van der Waals surface area contributed by atoms with Crippen molar-refractivity contribution < 1.29 is 35.1 Å². The molecule has 4 unspecified atom stereocenters. The topological polar surface area (TPSA) is 176 Å². The Balaban J connectivity index is 1.12. The van der Waals surface area contributed by atoms with Gasteiger partial charge in [0.05, 0.1) is 18.8 Å². The first-order chi connectivity index (χ1) is 23.1. The molecule has 5 rings (SSSR count). The lowest BCUT2D eigenvalue weighted by atomic mass is 9.94. The smallest absolute Gasteiger partial charge is 0.314 e. The quantitative estimate of drug-likeness (QED) is 0.0938. The molecule has 0 bridgehead atoms. The van der Waals surface area contributed by atoms with Gasteiger partial charge in [0, 0.05) is 48.2 Å². The number of aliphatic hydroxyl groups is 5. The van der Waals surface area contributed by atoms with Gasteiger partial charge in [0.2, 0.25) is 0 Å². The lowest BCUT2D eigenvalue weighted by molar-refractivity contribution is -0.113. The Hall–Kier alpha value is -3.55. The number of allylic oxidation sites excluding steroid dienone is 1. The number of hydrogen-bond donors (Lipinski definition) is 8. The van der Waals surface area contributed by atoms with E-state index >= 15 is 0 Å². The highest BCUT2D eigenvalue weighted by Crippen LogP contribution is 2.50. The zero-order chi connectivity index (χ0) is 34.3. The molecule has 2 amide bonds. The molecule has 48 heavy (non-hydrogen) atoms. The Morgan fingerprint density at radius 3 is 2.50 bits per heavy atom. The van der Waals surface area contributed by atoms with E-state index in [-0.39, 0.29) is 12.1 Å². The molecule has 1 aromatic heterocycles. The van der Waals surface area contributed by atoms with Crippen LogP contribution in [0.2, 0.25) is 5.02 Å². The molecule has 3 aromatic rings. The summed E-state index contributed by atoms with van der Waals surface area (Å²) in [5.41, 5.74) is 5.94. The molecule has 2 saturated carbocycles. The van der Waals surface area contributed by atoms with Gasteiger partial charge in [-0.1, -0.05) is 42.4 Å². The van der Waals surface area contributed by atoms with Crippen LogP contribution in [-0.4, -0.2) is 86.8 Å². The Kier molecular flexibility index (Phi) is 12.1. The van der Waals surface area contributed by atoms with Crippen LogP contribution >= 0.6 is 11.6 Å². The van der Waals surface area contributed by atoms with Gasteiger partial charge < -0.3 is 46.2 Å². The van der Waals surface area contributed by atoms with E-state index in [4.69, 9.17) is 21.4 Å². The molecular weight excluding hydrogens is 636 g/mol. The molecule has 8 N–H and O–H groups in total. The van der Waals surface area contributed by atoms with Gasteiger partial charge in [0.1, 0.15) is 24.1 Å². The summed E-state index contributed by atoms with van der Waals surface area (Å²) in [6, 6.07) is 15.6. The molecule has 2 aromatic carbocycles. The summed E-state index contributed by atoms with van der Waals surface area (Å²) in [7, 11) is 0. The van der Waals surface area contributed by atoms with Crippen molar-refractivity contribution in [3.05, 3.63) is 89.2 Å². The Bertz CT molecular complexity index is 1560. The molecule has 11 nitrogen and oxygen atoms in total. The van der Waals surface area contributed by atoms with Gasteiger partial charge in [0.15, 0.2) is 0 Å². The van der Waals surface area contributed by atoms with Gasteiger partial charge in [-0.05, 0) is 90.6 Å². The van der Waals surface area contributed by atoms with Gasteiger partial charge in [-0.3, -0.25) is 4.98 Å². The second-order valence-electron chi connectivity index (χ2n) is 12.6. The van der Waals surface area contributed by atoms with Crippen molar-refractivity contribution in [1.82, 2.24) is 20.9 Å². The van der Waals surface area contributed by atoms with Crippen molar-refractivity contribution in [2.45, 2.75) is 81.1 Å². The number of rotatable bonds is 18. The van der Waals surface area contributed by atoms with E-state index in [9.17, 15) is 25.2 Å². The first kappa shape index (κ1) is 35.7. The number of carbonyl (C=O) groups excluding carboxylic acids is 1. The predicted molar refractivity (Wildman–Crippen MR) is 183 cm³/mol. The SMILES string of the molecule is C=C(CCCNC(=O)NCC(O)C(O)C(O)C(O)CO)c1ccc(Cl)c(CNC2(c3cnccc3-c3ccccc3OC3CC3)CC2)c1. The third-order valence-corrected chi connectivity index (χ3v) is 9.26. The molecule has 2 aliphatic carbocycles. The lowest BCUT2D eigenvalue weighted by Gasteiger charge is -2.25. The number of aliphatic hydroxyl groups excluding tert-OH is 5. The maximum atomic E-state index is 12.1. The summed E-state index contributed by atoms with van der Waals surface area (Å²) in [4.78, 5) is 16.6. The Morgan fingerprint density at radius 2 is 1.77 bits per heavy atom. The van der Waals surface area contributed by atoms with Crippen LogP contribution in [0.1, 0.15) is 55.2 Å². The highest BCUT2D eigenvalue weighted by molar-refractivity contribution is 6.31. The largest absolute Gasteiger partial charge is 0.490 e. The van der Waals surface area contributed by atoms with Gasteiger partial charge >= 0.3 is 6.03 Å². The average Bonchev–Trinajstić information content (AvgIpc) is 4.05. The monoisotopic (exact) mass is 680 g/mol. The minimum Gasteiger partial charge on any atom is -0.490 e. The molecule has 1 heterocycles. The molecule has 2 fully saturated rings. The van der Waals surface area contributed by atoms with Crippen LogP contribution in [-0.2, 0) is 12.1 Å². The molecular formula is C36H45ClN4O7. The summed E-state index contributed by atoms with van der Waals surface area (Å²) >= 11 is 6.65. The molecule has 0 radical (unpaired) electrons. The minimum absolute atomic E-state index is 0.215. The number of aromatic nitrogens is 1. The number of para-hydroxylation sites is 1. The number of benzene rings is 2.